The second-order valence-corrected chi connectivity index (χ2v) is 5.32. The quantitative estimate of drug-likeness (QED) is 0.609. The average molecular weight is 253 g/mol. The van der Waals surface area contributed by atoms with E-state index < -0.39 is 12.1 Å². The molecule has 4 nitrogen and oxygen atoms in total. The van der Waals surface area contributed by atoms with Gasteiger partial charge in [-0.3, -0.25) is 9.69 Å². The summed E-state index contributed by atoms with van der Waals surface area (Å²) in [6.07, 6.45) is 8.91. The van der Waals surface area contributed by atoms with E-state index in [0.717, 1.165) is 32.4 Å². The highest BCUT2D eigenvalue weighted by molar-refractivity contribution is 5.76. The zero-order valence-electron chi connectivity index (χ0n) is 11.0. The van der Waals surface area contributed by atoms with Crippen molar-refractivity contribution in [3.63, 3.8) is 0 Å². The first-order valence-electron chi connectivity index (χ1n) is 6.87. The van der Waals surface area contributed by atoms with E-state index in [9.17, 15) is 9.90 Å². The van der Waals surface area contributed by atoms with Crippen molar-refractivity contribution in [2.75, 3.05) is 20.2 Å². The van der Waals surface area contributed by atoms with E-state index in [0.29, 0.717) is 12.3 Å². The van der Waals surface area contributed by atoms with Crippen molar-refractivity contribution >= 4 is 5.97 Å². The topological polar surface area (TPSA) is 49.8 Å². The lowest BCUT2D eigenvalue weighted by atomic mass is 9.91. The molecule has 1 saturated heterocycles. The van der Waals surface area contributed by atoms with Gasteiger partial charge in [0.1, 0.15) is 6.04 Å². The number of rotatable bonds is 3. The molecule has 0 unspecified atom stereocenters. The van der Waals surface area contributed by atoms with Gasteiger partial charge in [-0.05, 0) is 44.6 Å². The summed E-state index contributed by atoms with van der Waals surface area (Å²) in [6.45, 7) is 1.78. The standard InChI is InChI=1S/C14H23NO3/c1-18-14(17)13-12(16)8-5-9-15(13)10-11-6-3-2-4-7-11/h2-3,11-13,16H,4-10H2,1H3/t11-,12+,13-/m0/s1. The largest absolute Gasteiger partial charge is 0.468 e. The molecule has 0 aromatic rings. The summed E-state index contributed by atoms with van der Waals surface area (Å²) in [6, 6.07) is -0.463. The lowest BCUT2D eigenvalue weighted by Gasteiger charge is -2.39. The molecule has 3 atom stereocenters. The predicted octanol–water partition coefficient (Wildman–Crippen LogP) is 1.34. The van der Waals surface area contributed by atoms with Gasteiger partial charge in [-0.1, -0.05) is 12.2 Å². The number of ether oxygens (including phenoxy) is 1. The minimum absolute atomic E-state index is 0.298. The molecular formula is C14H23NO3. The third kappa shape index (κ3) is 3.12. The molecule has 102 valence electrons. The van der Waals surface area contributed by atoms with E-state index in [4.69, 9.17) is 4.74 Å². The molecule has 18 heavy (non-hydrogen) atoms. The Morgan fingerprint density at radius 2 is 2.28 bits per heavy atom. The summed E-state index contributed by atoms with van der Waals surface area (Å²) in [4.78, 5) is 13.9. The fourth-order valence-corrected chi connectivity index (χ4v) is 3.03. The van der Waals surface area contributed by atoms with Gasteiger partial charge in [0.25, 0.3) is 0 Å². The molecule has 0 radical (unpaired) electrons. The van der Waals surface area contributed by atoms with Gasteiger partial charge in [0.15, 0.2) is 0 Å². The van der Waals surface area contributed by atoms with Crippen LogP contribution in [0.25, 0.3) is 0 Å². The second-order valence-electron chi connectivity index (χ2n) is 5.32. The Hall–Kier alpha value is -0.870. The van der Waals surface area contributed by atoms with Crippen LogP contribution in [0.4, 0.5) is 0 Å². The molecule has 0 spiro atoms. The number of aliphatic hydroxyl groups is 1. The number of hydrogen-bond donors (Lipinski definition) is 1. The monoisotopic (exact) mass is 253 g/mol. The van der Waals surface area contributed by atoms with E-state index in [1.54, 1.807) is 0 Å². The minimum Gasteiger partial charge on any atom is -0.468 e. The molecule has 0 aromatic heterocycles. The maximum atomic E-state index is 11.8. The van der Waals surface area contributed by atoms with Crippen molar-refractivity contribution in [1.29, 1.82) is 0 Å². The molecule has 1 aliphatic carbocycles. The van der Waals surface area contributed by atoms with Gasteiger partial charge < -0.3 is 9.84 Å². The Morgan fingerprint density at radius 3 is 2.94 bits per heavy atom. The maximum absolute atomic E-state index is 11.8. The maximum Gasteiger partial charge on any atom is 0.325 e. The van der Waals surface area contributed by atoms with Crippen LogP contribution < -0.4 is 0 Å². The van der Waals surface area contributed by atoms with Crippen LogP contribution in [-0.2, 0) is 9.53 Å². The van der Waals surface area contributed by atoms with Gasteiger partial charge in [-0.2, -0.15) is 0 Å². The highest BCUT2D eigenvalue weighted by Gasteiger charge is 2.37. The van der Waals surface area contributed by atoms with Crippen molar-refractivity contribution in [2.45, 2.75) is 44.2 Å². The molecule has 2 aliphatic rings. The number of likely N-dealkylation sites (tertiary alicyclic amines) is 1. The van der Waals surface area contributed by atoms with Crippen molar-refractivity contribution in [1.82, 2.24) is 4.90 Å². The molecule has 1 fully saturated rings. The zero-order valence-corrected chi connectivity index (χ0v) is 11.0. The number of aliphatic hydroxyl groups excluding tert-OH is 1. The smallest absolute Gasteiger partial charge is 0.325 e. The van der Waals surface area contributed by atoms with Gasteiger partial charge in [0.05, 0.1) is 13.2 Å². The van der Waals surface area contributed by atoms with Gasteiger partial charge >= 0.3 is 5.97 Å². The lowest BCUT2D eigenvalue weighted by molar-refractivity contribution is -0.154. The summed E-state index contributed by atoms with van der Waals surface area (Å²) < 4.78 is 4.82. The Kier molecular flexibility index (Phi) is 4.78. The van der Waals surface area contributed by atoms with Crippen LogP contribution in [0.2, 0.25) is 0 Å². The van der Waals surface area contributed by atoms with E-state index in [1.165, 1.54) is 13.5 Å². The number of methoxy groups -OCH3 is 1. The number of nitrogens with zero attached hydrogens (tertiary/aromatic N) is 1. The molecule has 0 amide bonds. The molecule has 4 heteroatoms. The number of carbonyl (C=O) groups excluding carboxylic acids is 1. The van der Waals surface area contributed by atoms with Crippen molar-refractivity contribution in [3.05, 3.63) is 12.2 Å². The molecule has 0 bridgehead atoms. The van der Waals surface area contributed by atoms with E-state index in [1.807, 2.05) is 0 Å². The Balaban J connectivity index is 1.98. The van der Waals surface area contributed by atoms with Gasteiger partial charge in [-0.25, -0.2) is 0 Å². The van der Waals surface area contributed by atoms with Crippen LogP contribution in [0.3, 0.4) is 0 Å². The van der Waals surface area contributed by atoms with Gasteiger partial charge in [0, 0.05) is 6.54 Å². The molecule has 0 saturated carbocycles. The number of carbonyl (C=O) groups is 1. The molecule has 0 aromatic carbocycles. The highest BCUT2D eigenvalue weighted by Crippen LogP contribution is 2.24. The summed E-state index contributed by atoms with van der Waals surface area (Å²) in [5.41, 5.74) is 0. The summed E-state index contributed by atoms with van der Waals surface area (Å²) in [7, 11) is 1.39. The molecule has 1 heterocycles. The molecule has 1 N–H and O–H groups in total. The average Bonchev–Trinajstić information content (AvgIpc) is 2.39. The fraction of sp³-hybridized carbons (Fsp3) is 0.786. The van der Waals surface area contributed by atoms with Crippen molar-refractivity contribution in [2.24, 2.45) is 5.92 Å². The fourth-order valence-electron chi connectivity index (χ4n) is 3.03. The summed E-state index contributed by atoms with van der Waals surface area (Å²) >= 11 is 0. The van der Waals surface area contributed by atoms with Crippen molar-refractivity contribution in [3.8, 4) is 0 Å². The van der Waals surface area contributed by atoms with Crippen LogP contribution in [0, 0.1) is 5.92 Å². The van der Waals surface area contributed by atoms with Crippen LogP contribution in [-0.4, -0.2) is 48.3 Å². The molecule has 2 rings (SSSR count). The molecular weight excluding hydrogens is 230 g/mol. The van der Waals surface area contributed by atoms with Crippen LogP contribution in [0.15, 0.2) is 12.2 Å². The highest BCUT2D eigenvalue weighted by atomic mass is 16.5. The Morgan fingerprint density at radius 1 is 1.44 bits per heavy atom. The third-order valence-corrected chi connectivity index (χ3v) is 4.02. The lowest BCUT2D eigenvalue weighted by Crippen LogP contribution is -2.54. The minimum atomic E-state index is -0.578. The third-order valence-electron chi connectivity index (χ3n) is 4.02. The first kappa shape index (κ1) is 13.6. The second kappa shape index (κ2) is 6.34. The Bertz CT molecular complexity index is 316. The first-order chi connectivity index (χ1) is 8.72. The van der Waals surface area contributed by atoms with Crippen LogP contribution in [0.5, 0.6) is 0 Å². The molecule has 1 aliphatic heterocycles. The number of piperidine rings is 1. The number of hydrogen-bond acceptors (Lipinski definition) is 4. The van der Waals surface area contributed by atoms with Crippen molar-refractivity contribution < 1.29 is 14.6 Å². The van der Waals surface area contributed by atoms with Gasteiger partial charge in [-0.15, -0.1) is 0 Å². The van der Waals surface area contributed by atoms with Crippen LogP contribution >= 0.6 is 0 Å². The van der Waals surface area contributed by atoms with E-state index >= 15 is 0 Å². The summed E-state index contributed by atoms with van der Waals surface area (Å²) in [5.74, 6) is 0.306. The predicted molar refractivity (Wildman–Crippen MR) is 69.1 cm³/mol. The SMILES string of the molecule is COC(=O)[C@@H]1[C@H](O)CCCN1C[C@H]1CC=CCC1. The van der Waals surface area contributed by atoms with Gasteiger partial charge in [0.2, 0.25) is 0 Å². The summed E-state index contributed by atoms with van der Waals surface area (Å²) in [5, 5.41) is 10.0. The Labute approximate surface area is 109 Å². The zero-order chi connectivity index (χ0) is 13.0. The normalized spacial score (nSPS) is 33.3. The van der Waals surface area contributed by atoms with E-state index in [2.05, 4.69) is 17.1 Å². The number of allylic oxidation sites excluding steroid dienone is 2. The first-order valence-corrected chi connectivity index (χ1v) is 6.87. The van der Waals surface area contributed by atoms with Crippen LogP contribution in [0.1, 0.15) is 32.1 Å². The van der Waals surface area contributed by atoms with E-state index in [-0.39, 0.29) is 5.97 Å². The number of esters is 1.